The fourth-order valence-corrected chi connectivity index (χ4v) is 3.04. The molecule has 3 nitrogen and oxygen atoms in total. The molecule has 2 aromatic rings. The first-order valence-electron chi connectivity index (χ1n) is 6.45. The minimum atomic E-state index is -1.07. The molecule has 1 aliphatic heterocycles. The van der Waals surface area contributed by atoms with Crippen LogP contribution in [0.1, 0.15) is 18.1 Å². The molecule has 0 aliphatic carbocycles. The summed E-state index contributed by atoms with van der Waals surface area (Å²) in [6.07, 6.45) is 0. The summed E-state index contributed by atoms with van der Waals surface area (Å²) >= 11 is 6.23. The first-order chi connectivity index (χ1) is 9.51. The highest BCUT2D eigenvalue weighted by Gasteiger charge is 2.45. The van der Waals surface area contributed by atoms with E-state index >= 15 is 0 Å². The summed E-state index contributed by atoms with van der Waals surface area (Å²) in [6.45, 7) is 2.21. The number of halogens is 1. The molecule has 0 fully saturated rings. The van der Waals surface area contributed by atoms with Gasteiger partial charge in [0, 0.05) is 10.6 Å². The molecule has 3 rings (SSSR count). The molecule has 0 unspecified atom stereocenters. The summed E-state index contributed by atoms with van der Waals surface area (Å²) < 4.78 is 0. The van der Waals surface area contributed by atoms with Crippen molar-refractivity contribution in [2.24, 2.45) is 5.73 Å². The fourth-order valence-electron chi connectivity index (χ4n) is 2.67. The van der Waals surface area contributed by atoms with Gasteiger partial charge in [0.05, 0.1) is 12.2 Å². The lowest BCUT2D eigenvalue weighted by Gasteiger charge is -2.20. The van der Waals surface area contributed by atoms with Crippen LogP contribution in [0.5, 0.6) is 0 Å². The molecule has 2 N–H and O–H groups in total. The lowest BCUT2D eigenvalue weighted by atomic mass is 9.95. The van der Waals surface area contributed by atoms with Crippen molar-refractivity contribution in [3.05, 3.63) is 64.7 Å². The van der Waals surface area contributed by atoms with Gasteiger partial charge >= 0.3 is 0 Å². The summed E-state index contributed by atoms with van der Waals surface area (Å²) in [6, 6.07) is 15.3. The van der Waals surface area contributed by atoms with Gasteiger partial charge in [0.1, 0.15) is 5.54 Å². The molecule has 0 aromatic heterocycles. The van der Waals surface area contributed by atoms with E-state index < -0.39 is 5.54 Å². The smallest absolute Gasteiger partial charge is 0.251 e. The molecule has 0 saturated carbocycles. The van der Waals surface area contributed by atoms with Crippen LogP contribution in [0.3, 0.4) is 0 Å². The summed E-state index contributed by atoms with van der Waals surface area (Å²) in [7, 11) is 0. The average molecular weight is 287 g/mol. The van der Waals surface area contributed by atoms with E-state index in [0.29, 0.717) is 17.1 Å². The number of hydrogen-bond acceptors (Lipinski definition) is 2. The van der Waals surface area contributed by atoms with Crippen LogP contribution < -0.4 is 10.6 Å². The molecular weight excluding hydrogens is 272 g/mol. The van der Waals surface area contributed by atoms with Crippen molar-refractivity contribution in [1.29, 1.82) is 0 Å². The van der Waals surface area contributed by atoms with Crippen LogP contribution >= 0.6 is 11.6 Å². The molecule has 0 radical (unpaired) electrons. The van der Waals surface area contributed by atoms with Gasteiger partial charge < -0.3 is 10.6 Å². The van der Waals surface area contributed by atoms with Crippen LogP contribution in [0.25, 0.3) is 0 Å². The van der Waals surface area contributed by atoms with Crippen molar-refractivity contribution in [1.82, 2.24) is 0 Å². The molecule has 0 spiro atoms. The minimum absolute atomic E-state index is 0.121. The van der Waals surface area contributed by atoms with E-state index in [1.54, 1.807) is 17.9 Å². The Hall–Kier alpha value is -1.84. The Morgan fingerprint density at radius 3 is 2.55 bits per heavy atom. The largest absolute Gasteiger partial charge is 0.314 e. The van der Waals surface area contributed by atoms with Gasteiger partial charge in [-0.3, -0.25) is 4.79 Å². The Labute approximate surface area is 123 Å². The van der Waals surface area contributed by atoms with Crippen LogP contribution in [0.4, 0.5) is 5.69 Å². The predicted octanol–water partition coefficient (Wildman–Crippen LogP) is 3.06. The fraction of sp³-hybridized carbons (Fsp3) is 0.188. The van der Waals surface area contributed by atoms with E-state index in [9.17, 15) is 4.79 Å². The van der Waals surface area contributed by atoms with Gasteiger partial charge in [0.25, 0.3) is 5.91 Å². The van der Waals surface area contributed by atoms with E-state index in [-0.39, 0.29) is 5.91 Å². The Morgan fingerprint density at radius 1 is 1.15 bits per heavy atom. The molecule has 1 aliphatic rings. The lowest BCUT2D eigenvalue weighted by Crippen LogP contribution is -2.44. The summed E-state index contributed by atoms with van der Waals surface area (Å²) in [5.74, 6) is -0.121. The van der Waals surface area contributed by atoms with Crippen LogP contribution in [0.15, 0.2) is 48.5 Å². The van der Waals surface area contributed by atoms with Gasteiger partial charge in [-0.25, -0.2) is 0 Å². The molecule has 1 amide bonds. The van der Waals surface area contributed by atoms with Crippen molar-refractivity contribution in [2.75, 3.05) is 4.90 Å². The van der Waals surface area contributed by atoms with E-state index in [2.05, 4.69) is 0 Å². The van der Waals surface area contributed by atoms with E-state index in [1.807, 2.05) is 42.5 Å². The van der Waals surface area contributed by atoms with Gasteiger partial charge in [-0.1, -0.05) is 48.0 Å². The number of amides is 1. The Bertz CT molecular complexity index is 667. The molecule has 2 aromatic carbocycles. The molecule has 0 saturated heterocycles. The van der Waals surface area contributed by atoms with Crippen molar-refractivity contribution in [3.63, 3.8) is 0 Å². The molecular formula is C16H15ClN2O. The van der Waals surface area contributed by atoms with E-state index in [0.717, 1.165) is 11.3 Å². The highest BCUT2D eigenvalue weighted by atomic mass is 35.5. The average Bonchev–Trinajstić information content (AvgIpc) is 2.62. The first-order valence-corrected chi connectivity index (χ1v) is 6.83. The zero-order valence-electron chi connectivity index (χ0n) is 11.1. The maximum absolute atomic E-state index is 12.6. The topological polar surface area (TPSA) is 46.3 Å². The third-order valence-electron chi connectivity index (χ3n) is 3.67. The molecule has 1 heterocycles. The van der Waals surface area contributed by atoms with Crippen LogP contribution in [0.2, 0.25) is 5.02 Å². The maximum atomic E-state index is 12.6. The van der Waals surface area contributed by atoms with Crippen molar-refractivity contribution in [2.45, 2.75) is 19.0 Å². The monoisotopic (exact) mass is 286 g/mol. The third-order valence-corrected chi connectivity index (χ3v) is 3.99. The Balaban J connectivity index is 2.06. The van der Waals surface area contributed by atoms with Crippen LogP contribution in [-0.4, -0.2) is 5.91 Å². The summed E-state index contributed by atoms with van der Waals surface area (Å²) in [5.41, 5.74) is 7.71. The zero-order valence-corrected chi connectivity index (χ0v) is 11.9. The van der Waals surface area contributed by atoms with E-state index in [4.69, 9.17) is 17.3 Å². The number of carbonyl (C=O) groups is 1. The predicted molar refractivity (Wildman–Crippen MR) is 80.6 cm³/mol. The van der Waals surface area contributed by atoms with Crippen LogP contribution in [0, 0.1) is 0 Å². The molecule has 20 heavy (non-hydrogen) atoms. The highest BCUT2D eigenvalue weighted by molar-refractivity contribution is 6.33. The van der Waals surface area contributed by atoms with Gasteiger partial charge in [0.2, 0.25) is 0 Å². The summed E-state index contributed by atoms with van der Waals surface area (Å²) in [4.78, 5) is 14.3. The van der Waals surface area contributed by atoms with Crippen LogP contribution in [-0.2, 0) is 16.9 Å². The zero-order chi connectivity index (χ0) is 14.3. The lowest BCUT2D eigenvalue weighted by molar-refractivity contribution is -0.122. The highest BCUT2D eigenvalue weighted by Crippen LogP contribution is 2.43. The molecule has 102 valence electrons. The molecule has 1 atom stereocenters. The quantitative estimate of drug-likeness (QED) is 0.922. The number of benzene rings is 2. The van der Waals surface area contributed by atoms with Crippen molar-refractivity contribution >= 4 is 23.2 Å². The second kappa shape index (κ2) is 4.62. The number of carbonyl (C=O) groups excluding carboxylic acids is 1. The molecule has 0 bridgehead atoms. The number of rotatable bonds is 2. The number of fused-ring (bicyclic) bond motifs is 1. The van der Waals surface area contributed by atoms with Gasteiger partial charge in [-0.15, -0.1) is 0 Å². The second-order valence-corrected chi connectivity index (χ2v) is 5.62. The SMILES string of the molecule is C[C@]1(N)C(=O)N(Cc2ccccc2)c2cccc(Cl)c21. The standard InChI is InChI=1S/C16H15ClN2O/c1-16(18)14-12(17)8-5-9-13(14)19(15(16)20)10-11-6-3-2-4-7-11/h2-9H,10,18H2,1H3/t16-/m1/s1. The molecule has 4 heteroatoms. The third kappa shape index (κ3) is 1.90. The first kappa shape index (κ1) is 13.2. The Morgan fingerprint density at radius 2 is 1.85 bits per heavy atom. The Kier molecular flexibility index (Phi) is 3.04. The second-order valence-electron chi connectivity index (χ2n) is 5.21. The normalized spacial score (nSPS) is 21.1. The number of anilines is 1. The van der Waals surface area contributed by atoms with E-state index in [1.165, 1.54) is 0 Å². The summed E-state index contributed by atoms with van der Waals surface area (Å²) in [5, 5.41) is 0.538. The minimum Gasteiger partial charge on any atom is -0.314 e. The van der Waals surface area contributed by atoms with Crippen molar-refractivity contribution < 1.29 is 4.79 Å². The number of nitrogens with zero attached hydrogens (tertiary/aromatic N) is 1. The van der Waals surface area contributed by atoms with Gasteiger partial charge in [0.15, 0.2) is 0 Å². The van der Waals surface area contributed by atoms with Crippen molar-refractivity contribution in [3.8, 4) is 0 Å². The maximum Gasteiger partial charge on any atom is 0.251 e. The number of nitrogens with two attached hydrogens (primary N) is 1. The number of hydrogen-bond donors (Lipinski definition) is 1. The van der Waals surface area contributed by atoms with Gasteiger partial charge in [-0.05, 0) is 24.6 Å². The van der Waals surface area contributed by atoms with Gasteiger partial charge in [-0.2, -0.15) is 0 Å².